The van der Waals surface area contributed by atoms with Crippen LogP contribution in [0.4, 0.5) is 5.69 Å². The van der Waals surface area contributed by atoms with Crippen molar-refractivity contribution in [2.24, 2.45) is 10.9 Å². The zero-order chi connectivity index (χ0) is 16.9. The Morgan fingerprint density at radius 3 is 2.71 bits per heavy atom. The largest absolute Gasteiger partial charge is 0.257 e. The molecule has 0 spiro atoms. The van der Waals surface area contributed by atoms with Crippen LogP contribution in [-0.2, 0) is 5.41 Å². The van der Waals surface area contributed by atoms with Crippen molar-refractivity contribution >= 4 is 17.1 Å². The lowest BCUT2D eigenvalue weighted by molar-refractivity contribution is -0.401. The Balaban J connectivity index is 1.71. The number of rotatable bonds is 2. The van der Waals surface area contributed by atoms with E-state index < -0.39 is 0 Å². The smallest absolute Gasteiger partial charge is 0.209 e. The fraction of sp³-hybridized carbons (Fsp3) is 0.273. The minimum Gasteiger partial charge on any atom is -0.257 e. The van der Waals surface area contributed by atoms with E-state index in [9.17, 15) is 0 Å². The van der Waals surface area contributed by atoms with E-state index in [2.05, 4.69) is 93.1 Å². The maximum absolute atomic E-state index is 4.72. The van der Waals surface area contributed by atoms with Gasteiger partial charge in [0.1, 0.15) is 7.05 Å². The standard InChI is InChI=1S/C22H23N2/c1-15-16(17-9-5-7-11-19(17)23-15)13-14-21-22(2,3)18-10-6-8-12-20(18)24(21)4/h5-14,17H,1-4H3/q+1. The summed E-state index contributed by atoms with van der Waals surface area (Å²) in [4.78, 5) is 4.72. The number of aliphatic imine (C=N–C) groups is 1. The molecule has 1 aromatic rings. The third-order valence-corrected chi connectivity index (χ3v) is 5.41. The van der Waals surface area contributed by atoms with Crippen LogP contribution in [0.25, 0.3) is 0 Å². The molecule has 2 nitrogen and oxygen atoms in total. The van der Waals surface area contributed by atoms with Crippen LogP contribution in [0.3, 0.4) is 0 Å². The first-order chi connectivity index (χ1) is 11.5. The van der Waals surface area contributed by atoms with Gasteiger partial charge in [0.15, 0.2) is 5.71 Å². The van der Waals surface area contributed by atoms with Gasteiger partial charge in [-0.1, -0.05) is 36.4 Å². The second-order valence-electron chi connectivity index (χ2n) is 7.22. The maximum Gasteiger partial charge on any atom is 0.209 e. The van der Waals surface area contributed by atoms with Crippen LogP contribution in [-0.4, -0.2) is 23.0 Å². The fourth-order valence-electron chi connectivity index (χ4n) is 4.08. The molecule has 120 valence electrons. The van der Waals surface area contributed by atoms with Crippen molar-refractivity contribution in [3.63, 3.8) is 0 Å². The first kappa shape index (κ1) is 15.1. The van der Waals surface area contributed by atoms with Crippen molar-refractivity contribution in [2.45, 2.75) is 26.2 Å². The second kappa shape index (κ2) is 5.27. The zero-order valence-corrected chi connectivity index (χ0v) is 14.7. The van der Waals surface area contributed by atoms with E-state index in [0.717, 1.165) is 11.4 Å². The number of nitrogens with zero attached hydrogens (tertiary/aromatic N) is 2. The summed E-state index contributed by atoms with van der Waals surface area (Å²) in [7, 11) is 2.16. The topological polar surface area (TPSA) is 15.4 Å². The molecule has 0 aromatic heterocycles. The van der Waals surface area contributed by atoms with Crippen molar-refractivity contribution in [3.05, 3.63) is 77.6 Å². The van der Waals surface area contributed by atoms with Crippen LogP contribution >= 0.6 is 0 Å². The molecule has 2 heterocycles. The fourth-order valence-corrected chi connectivity index (χ4v) is 4.08. The normalized spacial score (nSPS) is 24.0. The van der Waals surface area contributed by atoms with Crippen molar-refractivity contribution in [1.29, 1.82) is 0 Å². The van der Waals surface area contributed by atoms with E-state index in [1.165, 1.54) is 22.5 Å². The molecule has 0 saturated carbocycles. The van der Waals surface area contributed by atoms with Gasteiger partial charge in [0, 0.05) is 29.3 Å². The minimum atomic E-state index is 0.0148. The number of hydrogen-bond donors (Lipinski definition) is 0. The molecule has 0 amide bonds. The van der Waals surface area contributed by atoms with Crippen molar-refractivity contribution in [3.8, 4) is 0 Å². The second-order valence-corrected chi connectivity index (χ2v) is 7.22. The molecule has 1 aliphatic carbocycles. The molecule has 0 radical (unpaired) electrons. The highest BCUT2D eigenvalue weighted by molar-refractivity contribution is 6.06. The van der Waals surface area contributed by atoms with Crippen molar-refractivity contribution < 1.29 is 4.58 Å². The molecule has 24 heavy (non-hydrogen) atoms. The van der Waals surface area contributed by atoms with Crippen LogP contribution in [0.2, 0.25) is 0 Å². The Labute approximate surface area is 143 Å². The number of fused-ring (bicyclic) bond motifs is 2. The van der Waals surface area contributed by atoms with Crippen LogP contribution in [0.15, 0.2) is 77.0 Å². The summed E-state index contributed by atoms with van der Waals surface area (Å²) >= 11 is 0. The number of benzene rings is 1. The Morgan fingerprint density at radius 1 is 1.12 bits per heavy atom. The Hall–Kier alpha value is -2.48. The summed E-state index contributed by atoms with van der Waals surface area (Å²) < 4.78 is 2.31. The highest BCUT2D eigenvalue weighted by atomic mass is 15.0. The van der Waals surface area contributed by atoms with Gasteiger partial charge in [-0.15, -0.1) is 0 Å². The first-order valence-corrected chi connectivity index (χ1v) is 8.53. The van der Waals surface area contributed by atoms with Gasteiger partial charge in [-0.25, -0.2) is 0 Å². The lowest BCUT2D eigenvalue weighted by Crippen LogP contribution is -2.26. The summed E-state index contributed by atoms with van der Waals surface area (Å²) in [5, 5.41) is 0. The number of allylic oxidation sites excluding steroid dienone is 8. The lowest BCUT2D eigenvalue weighted by Gasteiger charge is -2.16. The molecule has 0 saturated heterocycles. The number of hydrogen-bond acceptors (Lipinski definition) is 1. The van der Waals surface area contributed by atoms with E-state index >= 15 is 0 Å². The molecule has 0 bridgehead atoms. The van der Waals surface area contributed by atoms with E-state index in [1.54, 1.807) is 0 Å². The van der Waals surface area contributed by atoms with E-state index in [-0.39, 0.29) is 5.41 Å². The molecule has 1 unspecified atom stereocenters. The average molecular weight is 315 g/mol. The predicted octanol–water partition coefficient (Wildman–Crippen LogP) is 4.72. The van der Waals surface area contributed by atoms with Gasteiger partial charge in [-0.2, -0.15) is 4.58 Å². The molecule has 1 aromatic carbocycles. The Kier molecular flexibility index (Phi) is 3.31. The summed E-state index contributed by atoms with van der Waals surface area (Å²) in [6.45, 7) is 6.71. The SMILES string of the molecule is CC1=C(/C=C/C2=[N+](C)c3ccccc3C2(C)C)C2C=CC=CC2=N1. The quantitative estimate of drug-likeness (QED) is 0.702. The molecule has 4 rings (SSSR count). The van der Waals surface area contributed by atoms with Crippen molar-refractivity contribution in [2.75, 3.05) is 7.05 Å². The summed E-state index contributed by atoms with van der Waals surface area (Å²) in [6, 6.07) is 8.68. The molecule has 2 aliphatic heterocycles. The summed E-state index contributed by atoms with van der Waals surface area (Å²) in [6.07, 6.45) is 13.1. The highest BCUT2D eigenvalue weighted by Gasteiger charge is 2.42. The molecule has 2 heteroatoms. The third kappa shape index (κ3) is 2.10. The molecule has 0 N–H and O–H groups in total. The van der Waals surface area contributed by atoms with Crippen LogP contribution in [0.1, 0.15) is 26.3 Å². The van der Waals surface area contributed by atoms with Gasteiger partial charge in [-0.3, -0.25) is 4.99 Å². The Bertz CT molecular complexity index is 902. The van der Waals surface area contributed by atoms with Crippen LogP contribution in [0, 0.1) is 5.92 Å². The van der Waals surface area contributed by atoms with Crippen molar-refractivity contribution in [1.82, 2.24) is 0 Å². The highest BCUT2D eigenvalue weighted by Crippen LogP contribution is 2.39. The van der Waals surface area contributed by atoms with Crippen LogP contribution in [0.5, 0.6) is 0 Å². The van der Waals surface area contributed by atoms with Gasteiger partial charge in [0.05, 0.1) is 11.1 Å². The monoisotopic (exact) mass is 315 g/mol. The van der Waals surface area contributed by atoms with Crippen LogP contribution < -0.4 is 0 Å². The maximum atomic E-state index is 4.72. The molecular formula is C22H23N2+. The molecule has 0 fully saturated rings. The van der Waals surface area contributed by atoms with Gasteiger partial charge < -0.3 is 0 Å². The molecular weight excluding hydrogens is 292 g/mol. The lowest BCUT2D eigenvalue weighted by atomic mass is 9.81. The Morgan fingerprint density at radius 2 is 1.92 bits per heavy atom. The van der Waals surface area contributed by atoms with E-state index in [4.69, 9.17) is 4.99 Å². The zero-order valence-electron chi connectivity index (χ0n) is 14.7. The van der Waals surface area contributed by atoms with E-state index in [0.29, 0.717) is 5.92 Å². The van der Waals surface area contributed by atoms with Gasteiger partial charge >= 0.3 is 0 Å². The minimum absolute atomic E-state index is 0.0148. The summed E-state index contributed by atoms with van der Waals surface area (Å²) in [5.74, 6) is 0.309. The predicted molar refractivity (Wildman–Crippen MR) is 101 cm³/mol. The molecule has 1 atom stereocenters. The van der Waals surface area contributed by atoms with Gasteiger partial charge in [0.2, 0.25) is 5.69 Å². The third-order valence-electron chi connectivity index (χ3n) is 5.41. The van der Waals surface area contributed by atoms with Gasteiger partial charge in [0.25, 0.3) is 0 Å². The number of para-hydroxylation sites is 1. The molecule has 3 aliphatic rings. The van der Waals surface area contributed by atoms with Gasteiger partial charge in [-0.05, 0) is 38.5 Å². The summed E-state index contributed by atoms with van der Waals surface area (Å²) in [5.41, 5.74) is 7.62. The average Bonchev–Trinajstić information content (AvgIpc) is 2.99. The first-order valence-electron chi connectivity index (χ1n) is 8.53. The van der Waals surface area contributed by atoms with E-state index in [1.807, 2.05) is 0 Å².